The summed E-state index contributed by atoms with van der Waals surface area (Å²) >= 11 is 0. The average molecular weight is 397 g/mol. The molecule has 2 aromatic carbocycles. The number of halogens is 1. The van der Waals surface area contributed by atoms with Gasteiger partial charge in [-0.1, -0.05) is 36.4 Å². The molecule has 1 heterocycles. The molecule has 0 aromatic heterocycles. The van der Waals surface area contributed by atoms with Crippen LogP contribution in [0.25, 0.3) is 0 Å². The maximum absolute atomic E-state index is 13.2. The van der Waals surface area contributed by atoms with Gasteiger partial charge in [-0.3, -0.25) is 14.4 Å². The van der Waals surface area contributed by atoms with Gasteiger partial charge in [-0.15, -0.1) is 0 Å². The fourth-order valence-corrected chi connectivity index (χ4v) is 3.43. The van der Waals surface area contributed by atoms with E-state index in [2.05, 4.69) is 5.32 Å². The van der Waals surface area contributed by atoms with Crippen LogP contribution in [0, 0.1) is 11.7 Å². The van der Waals surface area contributed by atoms with Crippen molar-refractivity contribution < 1.29 is 18.8 Å². The molecule has 7 heteroatoms. The first-order chi connectivity index (χ1) is 13.9. The van der Waals surface area contributed by atoms with Crippen molar-refractivity contribution in [1.29, 1.82) is 0 Å². The van der Waals surface area contributed by atoms with Crippen LogP contribution in [0.2, 0.25) is 0 Å². The molecule has 0 radical (unpaired) electrons. The Kier molecular flexibility index (Phi) is 6.59. The van der Waals surface area contributed by atoms with Crippen LogP contribution in [0.5, 0.6) is 0 Å². The van der Waals surface area contributed by atoms with Crippen LogP contribution < -0.4 is 5.32 Å². The summed E-state index contributed by atoms with van der Waals surface area (Å²) in [4.78, 5) is 40.1. The van der Waals surface area contributed by atoms with Crippen molar-refractivity contribution in [3.63, 3.8) is 0 Å². The highest BCUT2D eigenvalue weighted by molar-refractivity contribution is 5.96. The van der Waals surface area contributed by atoms with Gasteiger partial charge >= 0.3 is 0 Å². The van der Waals surface area contributed by atoms with Crippen LogP contribution in [0.1, 0.15) is 12.0 Å². The fraction of sp³-hybridized carbons (Fsp3) is 0.318. The number of benzene rings is 2. The molecule has 3 amide bonds. The predicted molar refractivity (Wildman–Crippen MR) is 107 cm³/mol. The number of likely N-dealkylation sites (N-methyl/N-ethyl adjacent to an activating group) is 1. The van der Waals surface area contributed by atoms with Crippen molar-refractivity contribution in [2.75, 3.05) is 32.0 Å². The van der Waals surface area contributed by atoms with Gasteiger partial charge in [-0.05, 0) is 30.2 Å². The normalized spacial score (nSPS) is 16.0. The minimum Gasteiger partial charge on any atom is -0.342 e. The smallest absolute Gasteiger partial charge is 0.243 e. The number of amides is 3. The van der Waals surface area contributed by atoms with E-state index in [9.17, 15) is 18.8 Å². The minimum absolute atomic E-state index is 0.0445. The summed E-state index contributed by atoms with van der Waals surface area (Å²) < 4.78 is 13.2. The number of hydrogen-bond donors (Lipinski definition) is 1. The monoisotopic (exact) mass is 397 g/mol. The third-order valence-electron chi connectivity index (χ3n) is 4.94. The SMILES string of the molecule is CN(CC(=O)Nc1cccc(F)c1)C(=O)[C@@H]1CC(=O)N(CCc2ccccc2)C1. The minimum atomic E-state index is -0.453. The molecule has 1 fully saturated rings. The van der Waals surface area contributed by atoms with Crippen molar-refractivity contribution in [2.24, 2.45) is 5.92 Å². The summed E-state index contributed by atoms with van der Waals surface area (Å²) in [5, 5.41) is 2.56. The molecule has 1 atom stereocenters. The van der Waals surface area contributed by atoms with Gasteiger partial charge in [-0.2, -0.15) is 0 Å². The Morgan fingerprint density at radius 1 is 1.17 bits per heavy atom. The number of carbonyl (C=O) groups excluding carboxylic acids is 3. The molecule has 29 heavy (non-hydrogen) atoms. The quantitative estimate of drug-likeness (QED) is 0.780. The maximum Gasteiger partial charge on any atom is 0.243 e. The number of likely N-dealkylation sites (tertiary alicyclic amines) is 1. The average Bonchev–Trinajstić information content (AvgIpc) is 3.07. The molecule has 0 bridgehead atoms. The standard InChI is InChI=1S/C22H24FN3O3/c1-25(15-20(27)24-19-9-5-8-18(23)13-19)22(29)17-12-21(28)26(14-17)11-10-16-6-3-2-4-7-16/h2-9,13,17H,10-12,14-15H2,1H3,(H,24,27)/t17-/m1/s1. The number of hydrogen-bond acceptors (Lipinski definition) is 3. The largest absolute Gasteiger partial charge is 0.342 e. The van der Waals surface area contributed by atoms with Gasteiger partial charge in [0.1, 0.15) is 5.82 Å². The number of rotatable bonds is 7. The van der Waals surface area contributed by atoms with Crippen molar-refractivity contribution in [3.05, 3.63) is 66.0 Å². The van der Waals surface area contributed by atoms with E-state index in [1.807, 2.05) is 30.3 Å². The van der Waals surface area contributed by atoms with Crippen LogP contribution in [0.3, 0.4) is 0 Å². The lowest BCUT2D eigenvalue weighted by Gasteiger charge is -2.21. The first-order valence-corrected chi connectivity index (χ1v) is 9.54. The maximum atomic E-state index is 13.2. The second-order valence-corrected chi connectivity index (χ2v) is 7.23. The molecule has 0 aliphatic carbocycles. The van der Waals surface area contributed by atoms with E-state index in [0.717, 1.165) is 12.0 Å². The van der Waals surface area contributed by atoms with Crippen LogP contribution in [-0.2, 0) is 20.8 Å². The van der Waals surface area contributed by atoms with Crippen LogP contribution in [-0.4, -0.2) is 54.2 Å². The number of carbonyl (C=O) groups is 3. The van der Waals surface area contributed by atoms with Crippen LogP contribution >= 0.6 is 0 Å². The molecular weight excluding hydrogens is 373 g/mol. The van der Waals surface area contributed by atoms with Gasteiger partial charge in [0.05, 0.1) is 12.5 Å². The Labute approximate surface area is 169 Å². The van der Waals surface area contributed by atoms with Gasteiger partial charge in [0.2, 0.25) is 17.7 Å². The molecule has 1 aliphatic heterocycles. The van der Waals surface area contributed by atoms with Crippen LogP contribution in [0.4, 0.5) is 10.1 Å². The lowest BCUT2D eigenvalue weighted by Crippen LogP contribution is -2.39. The lowest BCUT2D eigenvalue weighted by atomic mass is 10.1. The summed E-state index contributed by atoms with van der Waals surface area (Å²) in [6.07, 6.45) is 0.892. The lowest BCUT2D eigenvalue weighted by molar-refractivity contribution is -0.137. The Balaban J connectivity index is 1.49. The predicted octanol–water partition coefficient (Wildman–Crippen LogP) is 2.31. The zero-order valence-electron chi connectivity index (χ0n) is 16.3. The first kappa shape index (κ1) is 20.5. The molecule has 1 N–H and O–H groups in total. The van der Waals surface area contributed by atoms with Crippen LogP contribution in [0.15, 0.2) is 54.6 Å². The fourth-order valence-electron chi connectivity index (χ4n) is 3.43. The molecule has 3 rings (SSSR count). The summed E-state index contributed by atoms with van der Waals surface area (Å²) in [6, 6.07) is 15.4. The molecule has 1 aliphatic rings. The van der Waals surface area contributed by atoms with E-state index in [1.54, 1.807) is 11.0 Å². The number of nitrogens with zero attached hydrogens (tertiary/aromatic N) is 2. The van der Waals surface area contributed by atoms with Gasteiger partial charge < -0.3 is 15.1 Å². The summed E-state index contributed by atoms with van der Waals surface area (Å²) in [7, 11) is 1.53. The second kappa shape index (κ2) is 9.32. The zero-order valence-corrected chi connectivity index (χ0v) is 16.3. The van der Waals surface area contributed by atoms with Crippen molar-refractivity contribution in [2.45, 2.75) is 12.8 Å². The molecule has 1 saturated heterocycles. The third kappa shape index (κ3) is 5.63. The van der Waals surface area contributed by atoms with E-state index in [1.165, 1.54) is 30.1 Å². The highest BCUT2D eigenvalue weighted by Crippen LogP contribution is 2.20. The molecule has 0 spiro atoms. The van der Waals surface area contributed by atoms with E-state index in [-0.39, 0.29) is 24.8 Å². The summed E-state index contributed by atoms with van der Waals surface area (Å²) in [5.41, 5.74) is 1.47. The molecular formula is C22H24FN3O3. The van der Waals surface area contributed by atoms with Crippen molar-refractivity contribution in [3.8, 4) is 0 Å². The van der Waals surface area contributed by atoms with Crippen molar-refractivity contribution >= 4 is 23.4 Å². The highest BCUT2D eigenvalue weighted by Gasteiger charge is 2.35. The summed E-state index contributed by atoms with van der Waals surface area (Å²) in [5.74, 6) is -1.61. The molecule has 2 aromatic rings. The number of anilines is 1. The third-order valence-corrected chi connectivity index (χ3v) is 4.94. The van der Waals surface area contributed by atoms with Gasteiger partial charge in [0, 0.05) is 32.2 Å². The highest BCUT2D eigenvalue weighted by atomic mass is 19.1. The molecule has 0 saturated carbocycles. The Bertz CT molecular complexity index is 888. The van der Waals surface area contributed by atoms with E-state index in [4.69, 9.17) is 0 Å². The van der Waals surface area contributed by atoms with Gasteiger partial charge in [0.25, 0.3) is 0 Å². The molecule has 6 nitrogen and oxygen atoms in total. The van der Waals surface area contributed by atoms with E-state index in [0.29, 0.717) is 18.8 Å². The Morgan fingerprint density at radius 2 is 1.93 bits per heavy atom. The van der Waals surface area contributed by atoms with Gasteiger partial charge in [-0.25, -0.2) is 4.39 Å². The first-order valence-electron chi connectivity index (χ1n) is 9.54. The molecule has 152 valence electrons. The second-order valence-electron chi connectivity index (χ2n) is 7.23. The molecule has 0 unspecified atom stereocenters. The Hall–Kier alpha value is -3.22. The zero-order chi connectivity index (χ0) is 20.8. The topological polar surface area (TPSA) is 69.7 Å². The Morgan fingerprint density at radius 3 is 2.66 bits per heavy atom. The van der Waals surface area contributed by atoms with Crippen molar-refractivity contribution in [1.82, 2.24) is 9.80 Å². The number of nitrogens with one attached hydrogen (secondary N) is 1. The van der Waals surface area contributed by atoms with Gasteiger partial charge in [0.15, 0.2) is 0 Å². The van der Waals surface area contributed by atoms with E-state index < -0.39 is 17.6 Å². The summed E-state index contributed by atoms with van der Waals surface area (Å²) in [6.45, 7) is 0.765. The van der Waals surface area contributed by atoms with E-state index >= 15 is 0 Å².